The molecule has 0 bridgehead atoms. The number of carbonyl (C=O) groups is 1. The number of nitrogens with one attached hydrogen (secondary N) is 1. The van der Waals surface area contributed by atoms with Gasteiger partial charge in [0, 0.05) is 34.1 Å². The van der Waals surface area contributed by atoms with E-state index in [-0.39, 0.29) is 18.2 Å². The van der Waals surface area contributed by atoms with Crippen molar-refractivity contribution >= 4 is 23.3 Å². The number of amides is 1. The van der Waals surface area contributed by atoms with Crippen molar-refractivity contribution in [1.29, 1.82) is 0 Å². The minimum atomic E-state index is -0.276. The maximum Gasteiger partial charge on any atom is 0.226 e. The Labute approximate surface area is 196 Å². The summed E-state index contributed by atoms with van der Waals surface area (Å²) in [5.74, 6) is 1.52. The van der Waals surface area contributed by atoms with E-state index < -0.39 is 0 Å². The van der Waals surface area contributed by atoms with Gasteiger partial charge in [-0.15, -0.1) is 0 Å². The highest BCUT2D eigenvalue weighted by atomic mass is 35.5. The van der Waals surface area contributed by atoms with Gasteiger partial charge >= 0.3 is 0 Å². The lowest BCUT2D eigenvalue weighted by atomic mass is 9.83. The van der Waals surface area contributed by atoms with Crippen molar-refractivity contribution in [3.05, 3.63) is 88.9 Å². The molecule has 0 saturated heterocycles. The quantitative estimate of drug-likeness (QED) is 0.416. The molecule has 2 heterocycles. The second-order valence-corrected chi connectivity index (χ2v) is 8.19. The molecule has 4 aromatic rings. The molecule has 0 radical (unpaired) electrons. The number of benzene rings is 3. The van der Waals surface area contributed by atoms with Gasteiger partial charge in [-0.25, -0.2) is 4.68 Å². The van der Waals surface area contributed by atoms with Gasteiger partial charge in [0.25, 0.3) is 0 Å². The summed E-state index contributed by atoms with van der Waals surface area (Å²) < 4.78 is 13.0. The number of carbonyl (C=O) groups excluding carboxylic acids is 1. The Morgan fingerprint density at radius 2 is 1.73 bits per heavy atom. The lowest BCUT2D eigenvalue weighted by molar-refractivity contribution is -0.116. The minimum Gasteiger partial charge on any atom is -0.493 e. The molecule has 1 aliphatic heterocycles. The number of hydrogen-bond acceptors (Lipinski definition) is 4. The maximum absolute atomic E-state index is 12.9. The molecule has 0 aliphatic carbocycles. The van der Waals surface area contributed by atoms with Crippen molar-refractivity contribution in [2.75, 3.05) is 19.5 Å². The van der Waals surface area contributed by atoms with E-state index in [1.54, 1.807) is 18.9 Å². The highest BCUT2D eigenvalue weighted by Gasteiger charge is 2.36. The summed E-state index contributed by atoms with van der Waals surface area (Å²) in [5, 5.41) is 8.66. The highest BCUT2D eigenvalue weighted by molar-refractivity contribution is 6.30. The first kappa shape index (κ1) is 21.1. The summed E-state index contributed by atoms with van der Waals surface area (Å²) in [5.41, 5.74) is 4.34. The number of anilines is 1. The van der Waals surface area contributed by atoms with Crippen LogP contribution in [0, 0.1) is 0 Å². The number of ether oxygens (including phenoxy) is 2. The first-order chi connectivity index (χ1) is 16.1. The summed E-state index contributed by atoms with van der Waals surface area (Å²) in [6.45, 7) is 0. The van der Waals surface area contributed by atoms with Crippen molar-refractivity contribution < 1.29 is 14.3 Å². The number of methoxy groups -OCH3 is 2. The first-order valence-corrected chi connectivity index (χ1v) is 10.9. The molecule has 166 valence electrons. The molecule has 0 spiro atoms. The van der Waals surface area contributed by atoms with Crippen molar-refractivity contribution in [3.63, 3.8) is 0 Å². The van der Waals surface area contributed by atoms with E-state index in [1.807, 2.05) is 72.8 Å². The second kappa shape index (κ2) is 8.64. The summed E-state index contributed by atoms with van der Waals surface area (Å²) in [7, 11) is 3.21. The molecule has 1 N–H and O–H groups in total. The Balaban J connectivity index is 1.79. The Hall–Kier alpha value is -3.77. The monoisotopic (exact) mass is 459 g/mol. The van der Waals surface area contributed by atoms with E-state index in [2.05, 4.69) is 5.32 Å². The fourth-order valence-electron chi connectivity index (χ4n) is 4.38. The molecule has 0 fully saturated rings. The standard InChI is InChI=1S/C26H22ClN3O3/c1-32-21-10-6-9-19(25(21)33-2)20-15-22(31)28-26-23(20)24(16-11-13-17(27)14-12-16)29-30(26)18-7-4-3-5-8-18/h3-14,20H,15H2,1-2H3,(H,28,31)/t20-/m0/s1. The molecule has 1 aliphatic rings. The molecule has 5 rings (SSSR count). The summed E-state index contributed by atoms with van der Waals surface area (Å²) in [4.78, 5) is 12.9. The Kier molecular flexibility index (Phi) is 5.52. The molecular formula is C26H22ClN3O3. The number of halogens is 1. The first-order valence-electron chi connectivity index (χ1n) is 10.6. The molecule has 0 saturated carbocycles. The fourth-order valence-corrected chi connectivity index (χ4v) is 4.51. The van der Waals surface area contributed by atoms with Crippen LogP contribution in [0.2, 0.25) is 5.02 Å². The average Bonchev–Trinajstić information content (AvgIpc) is 3.23. The van der Waals surface area contributed by atoms with Crippen molar-refractivity contribution in [2.24, 2.45) is 0 Å². The fraction of sp³-hybridized carbons (Fsp3) is 0.154. The van der Waals surface area contributed by atoms with E-state index in [4.69, 9.17) is 26.2 Å². The lowest BCUT2D eigenvalue weighted by Gasteiger charge is -2.26. The Bertz CT molecular complexity index is 1320. The van der Waals surface area contributed by atoms with Crippen LogP contribution in [0.4, 0.5) is 5.82 Å². The van der Waals surface area contributed by atoms with Gasteiger partial charge in [-0.3, -0.25) is 4.79 Å². The normalized spacial score (nSPS) is 15.0. The van der Waals surface area contributed by atoms with Crippen LogP contribution in [-0.2, 0) is 4.79 Å². The zero-order valence-electron chi connectivity index (χ0n) is 18.2. The van der Waals surface area contributed by atoms with Crippen LogP contribution >= 0.6 is 11.6 Å². The number of rotatable bonds is 5. The zero-order valence-corrected chi connectivity index (χ0v) is 19.0. The van der Waals surface area contributed by atoms with Crippen LogP contribution in [0.3, 0.4) is 0 Å². The second-order valence-electron chi connectivity index (χ2n) is 7.75. The molecule has 3 aromatic carbocycles. The lowest BCUT2D eigenvalue weighted by Crippen LogP contribution is -2.25. The predicted molar refractivity (Wildman–Crippen MR) is 129 cm³/mol. The van der Waals surface area contributed by atoms with E-state index in [0.717, 1.165) is 28.1 Å². The van der Waals surface area contributed by atoms with Crippen LogP contribution in [0.1, 0.15) is 23.5 Å². The molecular weight excluding hydrogens is 438 g/mol. The van der Waals surface area contributed by atoms with Crippen LogP contribution in [0.15, 0.2) is 72.8 Å². The van der Waals surface area contributed by atoms with Gasteiger partial charge in [0.05, 0.1) is 25.6 Å². The molecule has 1 amide bonds. The van der Waals surface area contributed by atoms with E-state index in [1.165, 1.54) is 0 Å². The van der Waals surface area contributed by atoms with Gasteiger partial charge in [0.2, 0.25) is 5.91 Å². The van der Waals surface area contributed by atoms with Crippen LogP contribution in [0.5, 0.6) is 11.5 Å². The molecule has 7 heteroatoms. The molecule has 1 aromatic heterocycles. The van der Waals surface area contributed by atoms with E-state index >= 15 is 0 Å². The number of fused-ring (bicyclic) bond motifs is 1. The number of para-hydroxylation sites is 2. The SMILES string of the molecule is COc1cccc([C@@H]2CC(=O)Nc3c2c(-c2ccc(Cl)cc2)nn3-c2ccccc2)c1OC. The van der Waals surface area contributed by atoms with Crippen molar-refractivity contribution in [2.45, 2.75) is 12.3 Å². The van der Waals surface area contributed by atoms with Crippen LogP contribution in [0.25, 0.3) is 16.9 Å². The Morgan fingerprint density at radius 1 is 0.970 bits per heavy atom. The summed E-state index contributed by atoms with van der Waals surface area (Å²) >= 11 is 6.15. The topological polar surface area (TPSA) is 65.4 Å². The molecule has 6 nitrogen and oxygen atoms in total. The molecule has 1 atom stereocenters. The van der Waals surface area contributed by atoms with Gasteiger partial charge in [-0.1, -0.05) is 54.1 Å². The number of hydrogen-bond donors (Lipinski definition) is 1. The zero-order chi connectivity index (χ0) is 22.9. The van der Waals surface area contributed by atoms with Crippen molar-refractivity contribution in [1.82, 2.24) is 9.78 Å². The smallest absolute Gasteiger partial charge is 0.226 e. The van der Waals surface area contributed by atoms with Gasteiger partial charge in [0.15, 0.2) is 11.5 Å². The number of aromatic nitrogens is 2. The summed E-state index contributed by atoms with van der Waals surface area (Å²) in [6.07, 6.45) is 0.262. The highest BCUT2D eigenvalue weighted by Crippen LogP contribution is 2.48. The van der Waals surface area contributed by atoms with Gasteiger partial charge in [0.1, 0.15) is 5.82 Å². The van der Waals surface area contributed by atoms with Crippen LogP contribution < -0.4 is 14.8 Å². The largest absolute Gasteiger partial charge is 0.493 e. The van der Waals surface area contributed by atoms with Gasteiger partial charge in [-0.05, 0) is 30.3 Å². The third-order valence-electron chi connectivity index (χ3n) is 5.85. The Morgan fingerprint density at radius 3 is 2.42 bits per heavy atom. The molecule has 0 unspecified atom stereocenters. The van der Waals surface area contributed by atoms with Gasteiger partial charge < -0.3 is 14.8 Å². The van der Waals surface area contributed by atoms with E-state index in [9.17, 15) is 4.79 Å². The number of nitrogens with zero attached hydrogens (tertiary/aromatic N) is 2. The average molecular weight is 460 g/mol. The van der Waals surface area contributed by atoms with Crippen LogP contribution in [-0.4, -0.2) is 29.9 Å². The summed E-state index contributed by atoms with van der Waals surface area (Å²) in [6, 6.07) is 23.0. The third-order valence-corrected chi connectivity index (χ3v) is 6.10. The molecule has 33 heavy (non-hydrogen) atoms. The predicted octanol–water partition coefficient (Wildman–Crippen LogP) is 5.68. The van der Waals surface area contributed by atoms with E-state index in [0.29, 0.717) is 22.3 Å². The minimum absolute atomic E-state index is 0.0860. The maximum atomic E-state index is 12.9. The van der Waals surface area contributed by atoms with Gasteiger partial charge in [-0.2, -0.15) is 5.10 Å². The van der Waals surface area contributed by atoms with Crippen molar-refractivity contribution in [3.8, 4) is 28.4 Å². The third kappa shape index (κ3) is 3.72.